The summed E-state index contributed by atoms with van der Waals surface area (Å²) < 4.78 is 45.3. The molecule has 2 heterocycles. The number of likely N-dealkylation sites (tertiary alicyclic amines) is 1. The first-order valence-corrected chi connectivity index (χ1v) is 9.82. The van der Waals surface area contributed by atoms with Gasteiger partial charge in [-0.1, -0.05) is 22.0 Å². The number of carboxylic acid groups (broad SMARTS) is 1. The topological polar surface area (TPSA) is 62.7 Å². The number of alkyl halides is 3. The Bertz CT molecular complexity index is 854. The minimum Gasteiger partial charge on any atom is -0.465 e. The van der Waals surface area contributed by atoms with Crippen molar-refractivity contribution in [1.29, 1.82) is 0 Å². The average molecular weight is 473 g/mol. The number of hydrogen-bond acceptors (Lipinski definition) is 3. The molecule has 0 unspecified atom stereocenters. The first-order chi connectivity index (χ1) is 13.7. The van der Waals surface area contributed by atoms with Gasteiger partial charge in [-0.25, -0.2) is 4.79 Å². The molecule has 0 saturated carbocycles. The molecule has 0 spiro atoms. The molecule has 0 atom stereocenters. The van der Waals surface area contributed by atoms with E-state index >= 15 is 0 Å². The molecule has 29 heavy (non-hydrogen) atoms. The van der Waals surface area contributed by atoms with Crippen molar-refractivity contribution in [3.05, 3.63) is 63.9 Å². The van der Waals surface area contributed by atoms with Crippen LogP contribution in [0.5, 0.6) is 0 Å². The van der Waals surface area contributed by atoms with Gasteiger partial charge < -0.3 is 14.7 Å². The molecule has 156 valence electrons. The van der Waals surface area contributed by atoms with Gasteiger partial charge in [0.2, 0.25) is 0 Å². The van der Waals surface area contributed by atoms with Crippen LogP contribution < -0.4 is 0 Å². The van der Waals surface area contributed by atoms with Crippen LogP contribution in [0, 0.1) is 0 Å². The van der Waals surface area contributed by atoms with E-state index in [1.54, 1.807) is 18.5 Å². The summed E-state index contributed by atoms with van der Waals surface area (Å²) in [6, 6.07) is 7.44. The maximum Gasteiger partial charge on any atom is 0.416 e. The number of nitrogens with zero attached hydrogens (tertiary/aromatic N) is 2. The van der Waals surface area contributed by atoms with Gasteiger partial charge in [0.05, 0.1) is 18.8 Å². The Morgan fingerprint density at radius 2 is 2.00 bits per heavy atom. The van der Waals surface area contributed by atoms with Crippen molar-refractivity contribution in [2.45, 2.75) is 31.0 Å². The number of rotatable bonds is 5. The van der Waals surface area contributed by atoms with E-state index < -0.39 is 23.2 Å². The fraction of sp³-hybridized carbons (Fsp3) is 0.400. The molecule has 0 radical (unpaired) electrons. The van der Waals surface area contributed by atoms with E-state index in [9.17, 15) is 23.1 Å². The molecule has 3 rings (SSSR count). The molecule has 0 bridgehead atoms. The van der Waals surface area contributed by atoms with Crippen molar-refractivity contribution in [2.24, 2.45) is 0 Å². The van der Waals surface area contributed by atoms with Crippen LogP contribution in [0.4, 0.5) is 18.0 Å². The van der Waals surface area contributed by atoms with E-state index in [-0.39, 0.29) is 13.2 Å². The summed E-state index contributed by atoms with van der Waals surface area (Å²) in [5.74, 6) is 0. The maximum absolute atomic E-state index is 13.0. The lowest BCUT2D eigenvalue weighted by Crippen LogP contribution is -2.47. The molecule has 1 fully saturated rings. The zero-order valence-corrected chi connectivity index (χ0v) is 17.0. The highest BCUT2D eigenvalue weighted by Crippen LogP contribution is 2.36. The van der Waals surface area contributed by atoms with Crippen molar-refractivity contribution >= 4 is 22.0 Å². The van der Waals surface area contributed by atoms with Crippen molar-refractivity contribution in [2.75, 3.05) is 19.7 Å². The number of ether oxygens (including phenoxy) is 1. The smallest absolute Gasteiger partial charge is 0.416 e. The molecule has 1 aliphatic heterocycles. The number of carbonyl (C=O) groups is 1. The van der Waals surface area contributed by atoms with Gasteiger partial charge in [-0.15, -0.1) is 0 Å². The first kappa shape index (κ1) is 21.6. The summed E-state index contributed by atoms with van der Waals surface area (Å²) >= 11 is 3.12. The van der Waals surface area contributed by atoms with Gasteiger partial charge in [0.25, 0.3) is 0 Å². The molecule has 1 N–H and O–H groups in total. The number of hydrogen-bond donors (Lipinski definition) is 1. The van der Waals surface area contributed by atoms with Gasteiger partial charge in [-0.05, 0) is 48.2 Å². The standard InChI is InChI=1S/C20H20BrF3N2O3/c21-17-9-14(8-16(10-17)20(22,23)24)12-29-13-19(15-2-1-5-25-11-15)3-6-26(7-4-19)18(27)28/h1-2,5,8-11H,3-4,6-7,12-13H2,(H,27,28). The van der Waals surface area contributed by atoms with Gasteiger partial charge in [0, 0.05) is 35.4 Å². The lowest BCUT2D eigenvalue weighted by Gasteiger charge is -2.41. The van der Waals surface area contributed by atoms with E-state index in [1.807, 2.05) is 12.1 Å². The van der Waals surface area contributed by atoms with Gasteiger partial charge in [0.1, 0.15) is 0 Å². The molecule has 1 aliphatic rings. The highest BCUT2D eigenvalue weighted by Gasteiger charge is 2.38. The van der Waals surface area contributed by atoms with Crippen LogP contribution in [0.2, 0.25) is 0 Å². The zero-order valence-electron chi connectivity index (χ0n) is 15.5. The van der Waals surface area contributed by atoms with Crippen LogP contribution in [-0.2, 0) is 22.9 Å². The first-order valence-electron chi connectivity index (χ1n) is 9.02. The van der Waals surface area contributed by atoms with E-state index in [0.717, 1.165) is 17.7 Å². The number of benzene rings is 1. The number of piperidine rings is 1. The second kappa shape index (κ2) is 8.71. The van der Waals surface area contributed by atoms with Gasteiger partial charge >= 0.3 is 12.3 Å². The lowest BCUT2D eigenvalue weighted by molar-refractivity contribution is -0.137. The monoisotopic (exact) mass is 472 g/mol. The second-order valence-electron chi connectivity index (χ2n) is 7.13. The van der Waals surface area contributed by atoms with Crippen LogP contribution in [-0.4, -0.2) is 40.8 Å². The highest BCUT2D eigenvalue weighted by atomic mass is 79.9. The predicted molar refractivity (Wildman–Crippen MR) is 104 cm³/mol. The summed E-state index contributed by atoms with van der Waals surface area (Å²) in [6.45, 7) is 1.01. The van der Waals surface area contributed by atoms with Crippen molar-refractivity contribution in [3.63, 3.8) is 0 Å². The largest absolute Gasteiger partial charge is 0.465 e. The average Bonchev–Trinajstić information content (AvgIpc) is 2.68. The second-order valence-corrected chi connectivity index (χ2v) is 8.05. The van der Waals surface area contributed by atoms with Gasteiger partial charge in [-0.3, -0.25) is 4.98 Å². The molecule has 1 aromatic heterocycles. The van der Waals surface area contributed by atoms with E-state index in [2.05, 4.69) is 20.9 Å². The summed E-state index contributed by atoms with van der Waals surface area (Å²) in [5.41, 5.74) is 0.187. The third-order valence-corrected chi connectivity index (χ3v) is 5.65. The Balaban J connectivity index is 1.74. The Labute approximate surface area is 174 Å². The molecule has 1 aromatic carbocycles. The van der Waals surface area contributed by atoms with Crippen LogP contribution in [0.1, 0.15) is 29.5 Å². The number of halogens is 4. The van der Waals surface area contributed by atoms with Gasteiger partial charge in [0.15, 0.2) is 0 Å². The molecule has 2 aromatic rings. The zero-order chi connectivity index (χ0) is 21.1. The van der Waals surface area contributed by atoms with Crippen molar-refractivity contribution in [1.82, 2.24) is 9.88 Å². The molecule has 1 saturated heterocycles. The number of aromatic nitrogens is 1. The Hall–Kier alpha value is -2.13. The molecular weight excluding hydrogens is 453 g/mol. The van der Waals surface area contributed by atoms with Crippen molar-refractivity contribution < 1.29 is 27.8 Å². The normalized spacial score (nSPS) is 16.6. The minimum absolute atomic E-state index is 0.0210. The molecule has 9 heteroatoms. The quantitative estimate of drug-likeness (QED) is 0.657. The SMILES string of the molecule is O=C(O)N1CCC(COCc2cc(Br)cc(C(F)(F)F)c2)(c2cccnc2)CC1. The predicted octanol–water partition coefficient (Wildman–Crippen LogP) is 5.09. The fourth-order valence-corrected chi connectivity index (χ4v) is 4.12. The van der Waals surface area contributed by atoms with Crippen LogP contribution in [0.25, 0.3) is 0 Å². The minimum atomic E-state index is -4.43. The number of pyridine rings is 1. The molecule has 1 amide bonds. The van der Waals surface area contributed by atoms with E-state index in [4.69, 9.17) is 4.74 Å². The molecule has 0 aliphatic carbocycles. The van der Waals surface area contributed by atoms with Crippen LogP contribution >= 0.6 is 15.9 Å². The Kier molecular flexibility index (Phi) is 6.48. The van der Waals surface area contributed by atoms with E-state index in [0.29, 0.717) is 36.0 Å². The van der Waals surface area contributed by atoms with Gasteiger partial charge in [-0.2, -0.15) is 13.2 Å². The molecule has 5 nitrogen and oxygen atoms in total. The summed E-state index contributed by atoms with van der Waals surface area (Å²) in [4.78, 5) is 16.8. The van der Waals surface area contributed by atoms with Crippen molar-refractivity contribution in [3.8, 4) is 0 Å². The van der Waals surface area contributed by atoms with Crippen LogP contribution in [0.3, 0.4) is 0 Å². The molecular formula is C20H20BrF3N2O3. The number of amides is 1. The fourth-order valence-electron chi connectivity index (χ4n) is 3.58. The third-order valence-electron chi connectivity index (χ3n) is 5.20. The summed E-state index contributed by atoms with van der Waals surface area (Å²) in [7, 11) is 0. The summed E-state index contributed by atoms with van der Waals surface area (Å²) in [6.07, 6.45) is -0.890. The Morgan fingerprint density at radius 1 is 1.28 bits per heavy atom. The maximum atomic E-state index is 13.0. The highest BCUT2D eigenvalue weighted by molar-refractivity contribution is 9.10. The third kappa shape index (κ3) is 5.27. The summed E-state index contributed by atoms with van der Waals surface area (Å²) in [5, 5.41) is 9.21. The Morgan fingerprint density at radius 3 is 2.59 bits per heavy atom. The van der Waals surface area contributed by atoms with Crippen LogP contribution in [0.15, 0.2) is 47.2 Å². The van der Waals surface area contributed by atoms with E-state index in [1.165, 1.54) is 4.90 Å². The lowest BCUT2D eigenvalue weighted by atomic mass is 9.74.